The highest BCUT2D eigenvalue weighted by Crippen LogP contribution is 2.31. The van der Waals surface area contributed by atoms with Crippen LogP contribution >= 0.6 is 12.4 Å². The summed E-state index contributed by atoms with van der Waals surface area (Å²) >= 11 is 0. The number of rotatable bonds is 1. The van der Waals surface area contributed by atoms with Gasteiger partial charge in [-0.25, -0.2) is 0 Å². The van der Waals surface area contributed by atoms with Crippen molar-refractivity contribution in [2.24, 2.45) is 11.1 Å². The molecule has 0 amide bonds. The summed E-state index contributed by atoms with van der Waals surface area (Å²) in [4.78, 5) is 0. The van der Waals surface area contributed by atoms with Crippen LogP contribution in [-0.2, 0) is 0 Å². The summed E-state index contributed by atoms with van der Waals surface area (Å²) < 4.78 is 0. The van der Waals surface area contributed by atoms with Crippen molar-refractivity contribution < 1.29 is 0 Å². The van der Waals surface area contributed by atoms with Gasteiger partial charge in [0.25, 0.3) is 0 Å². The van der Waals surface area contributed by atoms with Crippen LogP contribution < -0.4 is 5.73 Å². The van der Waals surface area contributed by atoms with E-state index in [2.05, 4.69) is 52.8 Å². The molecule has 0 aliphatic heterocycles. The van der Waals surface area contributed by atoms with Crippen LogP contribution in [0.3, 0.4) is 0 Å². The molecule has 86 valence electrons. The van der Waals surface area contributed by atoms with Crippen LogP contribution in [0.4, 0.5) is 0 Å². The number of halogens is 1. The van der Waals surface area contributed by atoms with Crippen molar-refractivity contribution in [3.05, 3.63) is 34.9 Å². The lowest BCUT2D eigenvalue weighted by atomic mass is 9.82. The third-order valence-corrected chi connectivity index (χ3v) is 2.54. The minimum Gasteiger partial charge on any atom is -0.324 e. The quantitative estimate of drug-likeness (QED) is 0.777. The van der Waals surface area contributed by atoms with Gasteiger partial charge in [-0.2, -0.15) is 0 Å². The molecule has 2 heteroatoms. The largest absolute Gasteiger partial charge is 0.324 e. The molecule has 0 aromatic heterocycles. The summed E-state index contributed by atoms with van der Waals surface area (Å²) in [6, 6.07) is 6.66. The molecule has 1 aromatic carbocycles. The van der Waals surface area contributed by atoms with E-state index in [-0.39, 0.29) is 23.9 Å². The summed E-state index contributed by atoms with van der Waals surface area (Å²) in [5.41, 5.74) is 10.2. The second-order valence-electron chi connectivity index (χ2n) is 5.26. The average Bonchev–Trinajstić information content (AvgIpc) is 1.99. The van der Waals surface area contributed by atoms with Crippen molar-refractivity contribution in [2.45, 2.75) is 40.7 Å². The molecule has 15 heavy (non-hydrogen) atoms. The van der Waals surface area contributed by atoms with Crippen molar-refractivity contribution in [1.29, 1.82) is 0 Å². The van der Waals surface area contributed by atoms with E-state index in [1.807, 2.05) is 0 Å². The first kappa shape index (κ1) is 14.5. The molecule has 0 aliphatic rings. The lowest BCUT2D eigenvalue weighted by Gasteiger charge is -2.28. The van der Waals surface area contributed by atoms with Crippen molar-refractivity contribution in [1.82, 2.24) is 0 Å². The van der Waals surface area contributed by atoms with E-state index in [1.165, 1.54) is 16.7 Å². The fourth-order valence-electron chi connectivity index (χ4n) is 1.69. The summed E-state index contributed by atoms with van der Waals surface area (Å²) in [6.45, 7) is 10.8. The molecular formula is C13H22ClN. The highest BCUT2D eigenvalue weighted by Gasteiger charge is 2.22. The smallest absolute Gasteiger partial charge is 0.0344 e. The van der Waals surface area contributed by atoms with Gasteiger partial charge in [-0.05, 0) is 24.8 Å². The van der Waals surface area contributed by atoms with Crippen molar-refractivity contribution in [3.8, 4) is 0 Å². The Bertz CT molecular complexity index is 306. The monoisotopic (exact) mass is 227 g/mol. The molecular weight excluding hydrogens is 206 g/mol. The Kier molecular flexibility index (Phi) is 4.82. The molecule has 1 atom stereocenters. The van der Waals surface area contributed by atoms with Crippen LogP contribution in [0.15, 0.2) is 18.2 Å². The van der Waals surface area contributed by atoms with Crippen LogP contribution in [0.2, 0.25) is 0 Å². The number of benzene rings is 1. The molecule has 1 rings (SSSR count). The minimum absolute atomic E-state index is 0. The van der Waals surface area contributed by atoms with Gasteiger partial charge in [0, 0.05) is 6.04 Å². The lowest BCUT2D eigenvalue weighted by molar-refractivity contribution is 0.327. The summed E-state index contributed by atoms with van der Waals surface area (Å²) in [5.74, 6) is 0. The standard InChI is InChI=1S/C13H21N.ClH/c1-9-6-10(2)8-11(7-9)12(14)13(3,4)5;/h6-8,12H,14H2,1-5H3;1H/t12-;/m0./s1. The zero-order valence-corrected chi connectivity index (χ0v) is 11.1. The zero-order valence-electron chi connectivity index (χ0n) is 10.3. The molecule has 0 unspecified atom stereocenters. The van der Waals surface area contributed by atoms with E-state index in [9.17, 15) is 0 Å². The maximum atomic E-state index is 6.21. The first-order valence-electron chi connectivity index (χ1n) is 5.14. The van der Waals surface area contributed by atoms with Crippen molar-refractivity contribution in [2.75, 3.05) is 0 Å². The summed E-state index contributed by atoms with van der Waals surface area (Å²) in [6.07, 6.45) is 0. The molecule has 2 N–H and O–H groups in total. The highest BCUT2D eigenvalue weighted by molar-refractivity contribution is 5.85. The maximum Gasteiger partial charge on any atom is 0.0344 e. The number of hydrogen-bond donors (Lipinski definition) is 1. The predicted octanol–water partition coefficient (Wildman–Crippen LogP) is 3.77. The summed E-state index contributed by atoms with van der Waals surface area (Å²) in [7, 11) is 0. The lowest BCUT2D eigenvalue weighted by Crippen LogP contribution is -2.26. The molecule has 1 nitrogen and oxygen atoms in total. The fourth-order valence-corrected chi connectivity index (χ4v) is 1.69. The van der Waals surface area contributed by atoms with Gasteiger partial charge in [-0.3, -0.25) is 0 Å². The molecule has 1 aromatic rings. The first-order valence-corrected chi connectivity index (χ1v) is 5.14. The number of nitrogens with two attached hydrogens (primary N) is 1. The van der Waals surface area contributed by atoms with Crippen LogP contribution in [0.5, 0.6) is 0 Å². The third kappa shape index (κ3) is 3.84. The van der Waals surface area contributed by atoms with Crippen LogP contribution in [0.25, 0.3) is 0 Å². The van der Waals surface area contributed by atoms with Gasteiger partial charge < -0.3 is 5.73 Å². The van der Waals surface area contributed by atoms with Crippen LogP contribution in [0.1, 0.15) is 43.5 Å². The van der Waals surface area contributed by atoms with Gasteiger partial charge >= 0.3 is 0 Å². The van der Waals surface area contributed by atoms with E-state index in [0.29, 0.717) is 0 Å². The van der Waals surface area contributed by atoms with E-state index >= 15 is 0 Å². The Balaban J connectivity index is 0.00000196. The van der Waals surface area contributed by atoms with Gasteiger partial charge in [0.05, 0.1) is 0 Å². The first-order chi connectivity index (χ1) is 6.30. The Morgan fingerprint density at radius 1 is 1.00 bits per heavy atom. The van der Waals surface area contributed by atoms with Gasteiger partial charge in [0.2, 0.25) is 0 Å². The van der Waals surface area contributed by atoms with E-state index in [0.717, 1.165) is 0 Å². The van der Waals surface area contributed by atoms with E-state index in [1.54, 1.807) is 0 Å². The fraction of sp³-hybridized carbons (Fsp3) is 0.538. The predicted molar refractivity (Wildman–Crippen MR) is 69.5 cm³/mol. The van der Waals surface area contributed by atoms with E-state index in [4.69, 9.17) is 5.73 Å². The molecule has 0 aliphatic carbocycles. The zero-order chi connectivity index (χ0) is 10.9. The maximum absolute atomic E-state index is 6.21. The van der Waals surface area contributed by atoms with Crippen LogP contribution in [0, 0.1) is 19.3 Å². The highest BCUT2D eigenvalue weighted by atomic mass is 35.5. The van der Waals surface area contributed by atoms with Crippen molar-refractivity contribution in [3.63, 3.8) is 0 Å². The SMILES string of the molecule is Cc1cc(C)cc([C@H](N)C(C)(C)C)c1.Cl. The van der Waals surface area contributed by atoms with Gasteiger partial charge in [-0.1, -0.05) is 50.1 Å². The Hall–Kier alpha value is -0.530. The number of hydrogen-bond acceptors (Lipinski definition) is 1. The Morgan fingerprint density at radius 3 is 1.73 bits per heavy atom. The van der Waals surface area contributed by atoms with Crippen molar-refractivity contribution >= 4 is 12.4 Å². The molecule has 0 spiro atoms. The van der Waals surface area contributed by atoms with Crippen LogP contribution in [-0.4, -0.2) is 0 Å². The Morgan fingerprint density at radius 2 is 1.40 bits per heavy atom. The summed E-state index contributed by atoms with van der Waals surface area (Å²) in [5, 5.41) is 0. The molecule has 0 bridgehead atoms. The third-order valence-electron chi connectivity index (χ3n) is 2.54. The topological polar surface area (TPSA) is 26.0 Å². The van der Waals surface area contributed by atoms with E-state index < -0.39 is 0 Å². The average molecular weight is 228 g/mol. The normalized spacial score (nSPS) is 13.2. The molecule has 0 saturated heterocycles. The second kappa shape index (κ2) is 5.00. The molecule has 0 saturated carbocycles. The minimum atomic E-state index is 0. The number of aryl methyl sites for hydroxylation is 2. The van der Waals surface area contributed by atoms with Gasteiger partial charge in [-0.15, -0.1) is 12.4 Å². The van der Waals surface area contributed by atoms with Gasteiger partial charge in [0.1, 0.15) is 0 Å². The van der Waals surface area contributed by atoms with Gasteiger partial charge in [0.15, 0.2) is 0 Å². The second-order valence-corrected chi connectivity index (χ2v) is 5.26. The molecule has 0 heterocycles. The Labute approximate surface area is 99.5 Å². The molecule has 0 fully saturated rings. The molecule has 0 radical (unpaired) electrons.